The van der Waals surface area contributed by atoms with E-state index in [1.54, 1.807) is 30.3 Å². The summed E-state index contributed by atoms with van der Waals surface area (Å²) in [6, 6.07) is 11.7. The lowest BCUT2D eigenvalue weighted by molar-refractivity contribution is -0.133. The van der Waals surface area contributed by atoms with Crippen LogP contribution in [0.2, 0.25) is 5.02 Å². The first-order valence-corrected chi connectivity index (χ1v) is 13.3. The van der Waals surface area contributed by atoms with Crippen LogP contribution in [-0.2, 0) is 26.2 Å². The van der Waals surface area contributed by atoms with Gasteiger partial charge >= 0.3 is 0 Å². The molecule has 0 aliphatic carbocycles. The van der Waals surface area contributed by atoms with Crippen LogP contribution in [0.4, 0.5) is 5.69 Å². The maximum Gasteiger partial charge on any atom is 0.240 e. The number of halogens is 1. The maximum atomic E-state index is 12.8. The van der Waals surface area contributed by atoms with Crippen molar-refractivity contribution < 1.29 is 18.0 Å². The molecule has 0 spiro atoms. The average Bonchev–Trinajstić information content (AvgIpc) is 3.26. The minimum atomic E-state index is -3.81. The second kappa shape index (κ2) is 9.82. The number of anilines is 1. The predicted octanol–water partition coefficient (Wildman–Crippen LogP) is 3.49. The van der Waals surface area contributed by atoms with Crippen molar-refractivity contribution in [2.24, 2.45) is 5.92 Å². The van der Waals surface area contributed by atoms with Gasteiger partial charge in [0.1, 0.15) is 0 Å². The predicted molar refractivity (Wildman–Crippen MR) is 125 cm³/mol. The summed E-state index contributed by atoms with van der Waals surface area (Å²) >= 11 is 7.56. The number of thioether (sulfide) groups is 1. The Morgan fingerprint density at radius 3 is 2.69 bits per heavy atom. The number of benzene rings is 2. The lowest BCUT2D eigenvalue weighted by Crippen LogP contribution is -2.33. The summed E-state index contributed by atoms with van der Waals surface area (Å²) < 4.78 is 28.2. The van der Waals surface area contributed by atoms with E-state index in [2.05, 4.69) is 10.0 Å². The minimum absolute atomic E-state index is 0.00115. The molecule has 0 bridgehead atoms. The quantitative estimate of drug-likeness (QED) is 0.642. The van der Waals surface area contributed by atoms with Crippen LogP contribution in [0.25, 0.3) is 0 Å². The van der Waals surface area contributed by atoms with Gasteiger partial charge in [-0.25, -0.2) is 13.1 Å². The molecule has 1 saturated heterocycles. The molecule has 10 heteroatoms. The van der Waals surface area contributed by atoms with Crippen molar-refractivity contribution in [3.63, 3.8) is 0 Å². The Balaban J connectivity index is 1.45. The molecule has 2 aliphatic heterocycles. The van der Waals surface area contributed by atoms with Gasteiger partial charge in [0.15, 0.2) is 0 Å². The van der Waals surface area contributed by atoms with Crippen molar-refractivity contribution in [1.29, 1.82) is 0 Å². The van der Waals surface area contributed by atoms with Crippen LogP contribution in [-0.4, -0.2) is 44.0 Å². The van der Waals surface area contributed by atoms with Gasteiger partial charge in [0.2, 0.25) is 21.8 Å². The highest BCUT2D eigenvalue weighted by atomic mass is 35.5. The summed E-state index contributed by atoms with van der Waals surface area (Å²) in [5.41, 5.74) is 1.11. The number of hydrogen-bond acceptors (Lipinski definition) is 5. The van der Waals surface area contributed by atoms with E-state index in [9.17, 15) is 18.0 Å². The number of rotatable bonds is 6. The molecule has 2 amide bonds. The minimum Gasteiger partial charge on any atom is -0.343 e. The molecule has 2 N–H and O–H groups in total. The van der Waals surface area contributed by atoms with E-state index < -0.39 is 15.9 Å². The Morgan fingerprint density at radius 2 is 1.94 bits per heavy atom. The van der Waals surface area contributed by atoms with Gasteiger partial charge < -0.3 is 10.2 Å². The molecular formula is C22H24ClN3O4S2. The molecule has 2 aliphatic rings. The number of sulfonamides is 1. The largest absolute Gasteiger partial charge is 0.343 e. The fourth-order valence-corrected chi connectivity index (χ4v) is 6.07. The van der Waals surface area contributed by atoms with Gasteiger partial charge in [-0.2, -0.15) is 0 Å². The molecule has 170 valence electrons. The number of amides is 2. The third-order valence-electron chi connectivity index (χ3n) is 5.62. The number of nitrogens with zero attached hydrogens (tertiary/aromatic N) is 1. The molecule has 32 heavy (non-hydrogen) atoms. The van der Waals surface area contributed by atoms with E-state index in [1.165, 1.54) is 23.9 Å². The van der Waals surface area contributed by atoms with E-state index in [-0.39, 0.29) is 29.7 Å². The lowest BCUT2D eigenvalue weighted by Gasteiger charge is -2.18. The Hall–Kier alpha value is -2.07. The van der Waals surface area contributed by atoms with Gasteiger partial charge in [-0.1, -0.05) is 29.8 Å². The summed E-state index contributed by atoms with van der Waals surface area (Å²) in [6.07, 6.45) is 2.17. The van der Waals surface area contributed by atoms with E-state index in [4.69, 9.17) is 11.6 Å². The number of nitrogens with one attached hydrogen (secondary N) is 2. The first-order chi connectivity index (χ1) is 15.3. The van der Waals surface area contributed by atoms with Crippen LogP contribution in [0.3, 0.4) is 0 Å². The zero-order valence-electron chi connectivity index (χ0n) is 17.3. The van der Waals surface area contributed by atoms with Crippen molar-refractivity contribution in [2.45, 2.75) is 35.6 Å². The fourth-order valence-electron chi connectivity index (χ4n) is 3.76. The molecular weight excluding hydrogens is 470 g/mol. The third-order valence-corrected chi connectivity index (χ3v) is 8.62. The molecule has 1 unspecified atom stereocenters. The van der Waals surface area contributed by atoms with E-state index >= 15 is 0 Å². The fraction of sp³-hybridized carbons (Fsp3) is 0.364. The van der Waals surface area contributed by atoms with Crippen LogP contribution in [0.15, 0.2) is 52.3 Å². The van der Waals surface area contributed by atoms with Gasteiger partial charge in [-0.3, -0.25) is 9.59 Å². The molecule has 2 aromatic carbocycles. The molecule has 2 aromatic rings. The van der Waals surface area contributed by atoms with Crippen molar-refractivity contribution in [3.8, 4) is 0 Å². The highest BCUT2D eigenvalue weighted by molar-refractivity contribution is 7.99. The Morgan fingerprint density at radius 1 is 1.19 bits per heavy atom. The van der Waals surface area contributed by atoms with Crippen molar-refractivity contribution >= 4 is 50.9 Å². The number of fused-ring (bicyclic) bond motifs is 1. The molecule has 0 radical (unpaired) electrons. The molecule has 1 atom stereocenters. The number of likely N-dealkylation sites (tertiary alicyclic amines) is 1. The summed E-state index contributed by atoms with van der Waals surface area (Å²) in [5.74, 6) is -0.252. The highest BCUT2D eigenvalue weighted by Gasteiger charge is 2.30. The van der Waals surface area contributed by atoms with Gasteiger partial charge in [-0.15, -0.1) is 11.8 Å². The first kappa shape index (κ1) is 23.1. The van der Waals surface area contributed by atoms with Crippen LogP contribution in [0.1, 0.15) is 24.8 Å². The second-order valence-electron chi connectivity index (χ2n) is 7.86. The molecule has 2 heterocycles. The van der Waals surface area contributed by atoms with Crippen molar-refractivity contribution in [2.75, 3.05) is 24.2 Å². The van der Waals surface area contributed by atoms with Gasteiger partial charge in [0.25, 0.3) is 0 Å². The summed E-state index contributed by atoms with van der Waals surface area (Å²) in [6.45, 7) is 1.56. The molecule has 1 fully saturated rings. The zero-order valence-corrected chi connectivity index (χ0v) is 19.7. The van der Waals surface area contributed by atoms with E-state index in [0.717, 1.165) is 30.8 Å². The molecule has 7 nitrogen and oxygen atoms in total. The number of hydrogen-bond donors (Lipinski definition) is 2. The van der Waals surface area contributed by atoms with Crippen LogP contribution < -0.4 is 10.0 Å². The van der Waals surface area contributed by atoms with Crippen LogP contribution in [0, 0.1) is 5.92 Å². The summed E-state index contributed by atoms with van der Waals surface area (Å²) in [7, 11) is -3.81. The number of carbonyl (C=O) groups is 2. The summed E-state index contributed by atoms with van der Waals surface area (Å²) in [4.78, 5) is 27.9. The average molecular weight is 494 g/mol. The SMILES string of the molecule is O=C1Nc2cc(S(=O)(=O)NCc3ccccc3Cl)ccc2SCC1CC(=O)N1CCCC1. The van der Waals surface area contributed by atoms with Gasteiger partial charge in [0, 0.05) is 41.7 Å². The maximum absolute atomic E-state index is 12.8. The van der Waals surface area contributed by atoms with E-state index in [1.807, 2.05) is 4.90 Å². The molecule has 0 saturated carbocycles. The topological polar surface area (TPSA) is 95.6 Å². The smallest absolute Gasteiger partial charge is 0.240 e. The summed E-state index contributed by atoms with van der Waals surface area (Å²) in [5, 5.41) is 3.30. The Labute approximate surface area is 196 Å². The molecule has 4 rings (SSSR count). The van der Waals surface area contributed by atoms with Crippen LogP contribution in [0.5, 0.6) is 0 Å². The Bertz CT molecular complexity index is 1130. The van der Waals surface area contributed by atoms with Gasteiger partial charge in [0.05, 0.1) is 16.5 Å². The zero-order chi connectivity index (χ0) is 22.7. The monoisotopic (exact) mass is 493 g/mol. The van der Waals surface area contributed by atoms with Crippen molar-refractivity contribution in [1.82, 2.24) is 9.62 Å². The first-order valence-electron chi connectivity index (χ1n) is 10.4. The molecule has 0 aromatic heterocycles. The normalized spacial score (nSPS) is 18.7. The Kier molecular flexibility index (Phi) is 7.09. The third kappa shape index (κ3) is 5.28. The second-order valence-corrected chi connectivity index (χ2v) is 11.1. The van der Waals surface area contributed by atoms with Crippen molar-refractivity contribution in [3.05, 3.63) is 53.1 Å². The van der Waals surface area contributed by atoms with Gasteiger partial charge in [-0.05, 0) is 42.7 Å². The van der Waals surface area contributed by atoms with E-state index in [0.29, 0.717) is 22.0 Å². The standard InChI is InChI=1S/C22H24ClN3O4S2/c23-18-6-2-1-5-15(18)13-24-32(29,30)17-7-8-20-19(12-17)25-22(28)16(14-31-20)11-21(27)26-9-3-4-10-26/h1-2,5-8,12,16,24H,3-4,9-11,13-14H2,(H,25,28). The lowest BCUT2D eigenvalue weighted by atomic mass is 10.1. The number of carbonyl (C=O) groups excluding carboxylic acids is 2. The van der Waals surface area contributed by atoms with Crippen LogP contribution >= 0.6 is 23.4 Å². The highest BCUT2D eigenvalue weighted by Crippen LogP contribution is 2.35.